The van der Waals surface area contributed by atoms with Crippen LogP contribution < -0.4 is 16.2 Å². The molecule has 0 amide bonds. The van der Waals surface area contributed by atoms with Gasteiger partial charge in [-0.25, -0.2) is 0 Å². The van der Waals surface area contributed by atoms with E-state index in [4.69, 9.17) is 26.0 Å². The molecule has 2 aromatic rings. The fourth-order valence-electron chi connectivity index (χ4n) is 2.59. The van der Waals surface area contributed by atoms with Gasteiger partial charge in [0.05, 0.1) is 11.7 Å². The van der Waals surface area contributed by atoms with Crippen LogP contribution in [0.5, 0.6) is 5.75 Å². The average molecular weight is 417 g/mol. The van der Waals surface area contributed by atoms with Crippen LogP contribution in [0.1, 0.15) is 53.0 Å². The fraction of sp³-hybridized carbons (Fsp3) is 0.458. The molecular formula is C24H36N2O4. The Morgan fingerprint density at radius 1 is 1.03 bits per heavy atom. The molecule has 30 heavy (non-hydrogen) atoms. The van der Waals surface area contributed by atoms with Gasteiger partial charge >= 0.3 is 5.97 Å². The molecule has 1 atom stereocenters. The summed E-state index contributed by atoms with van der Waals surface area (Å²) in [6.07, 6.45) is 0. The Balaban J connectivity index is 0.000000424. The van der Waals surface area contributed by atoms with Gasteiger partial charge in [0, 0.05) is 13.1 Å². The van der Waals surface area contributed by atoms with Crippen LogP contribution in [0.4, 0.5) is 0 Å². The summed E-state index contributed by atoms with van der Waals surface area (Å²) in [4.78, 5) is 11.0. The van der Waals surface area contributed by atoms with Crippen LogP contribution in [0.25, 0.3) is 10.8 Å². The van der Waals surface area contributed by atoms with Crippen molar-refractivity contribution in [1.29, 1.82) is 0 Å². The lowest BCUT2D eigenvalue weighted by molar-refractivity contribution is -0.138. The van der Waals surface area contributed by atoms with Gasteiger partial charge in [0.15, 0.2) is 0 Å². The second kappa shape index (κ2) is 10.5. The van der Waals surface area contributed by atoms with Gasteiger partial charge in [-0.15, -0.1) is 0 Å². The summed E-state index contributed by atoms with van der Waals surface area (Å²) in [6, 6.07) is 11.4. The summed E-state index contributed by atoms with van der Waals surface area (Å²) < 4.78 is 11.1. The maximum atomic E-state index is 11.0. The van der Waals surface area contributed by atoms with E-state index >= 15 is 0 Å². The Bertz CT molecular complexity index is 875. The average Bonchev–Trinajstić information content (AvgIpc) is 2.66. The molecule has 0 aromatic heterocycles. The first-order valence-electron chi connectivity index (χ1n) is 10.0. The fourth-order valence-corrected chi connectivity index (χ4v) is 2.59. The molecule has 0 aliphatic carbocycles. The maximum absolute atomic E-state index is 11.0. The van der Waals surface area contributed by atoms with Crippen molar-refractivity contribution in [2.45, 2.75) is 58.7 Å². The highest BCUT2D eigenvalue weighted by Gasteiger charge is 2.18. The van der Waals surface area contributed by atoms with E-state index in [0.717, 1.165) is 22.1 Å². The predicted octanol–water partition coefficient (Wildman–Crippen LogP) is 4.42. The summed E-state index contributed by atoms with van der Waals surface area (Å²) >= 11 is 0. The number of hydrogen-bond donors (Lipinski definition) is 3. The van der Waals surface area contributed by atoms with Crippen LogP contribution in [0.3, 0.4) is 0 Å². The highest BCUT2D eigenvalue weighted by Crippen LogP contribution is 2.27. The Kier molecular flexibility index (Phi) is 8.88. The van der Waals surface area contributed by atoms with Gasteiger partial charge < -0.3 is 26.0 Å². The zero-order valence-electron chi connectivity index (χ0n) is 19.0. The third-order valence-electron chi connectivity index (χ3n) is 4.53. The van der Waals surface area contributed by atoms with E-state index in [1.54, 1.807) is 6.92 Å². The molecule has 0 bridgehead atoms. The number of allylic oxidation sites excluding steroid dienone is 1. The number of aliphatic carboxylic acids is 1. The number of benzene rings is 2. The second-order valence-electron chi connectivity index (χ2n) is 8.66. The monoisotopic (exact) mass is 416 g/mol. The van der Waals surface area contributed by atoms with Crippen LogP contribution in [0, 0.1) is 0 Å². The minimum atomic E-state index is -0.820. The third-order valence-corrected chi connectivity index (χ3v) is 4.53. The van der Waals surface area contributed by atoms with Crippen molar-refractivity contribution in [2.24, 2.45) is 11.5 Å². The quantitative estimate of drug-likeness (QED) is 0.550. The summed E-state index contributed by atoms with van der Waals surface area (Å²) in [5, 5.41) is 11.1. The Morgan fingerprint density at radius 2 is 1.57 bits per heavy atom. The number of carbonyl (C=O) groups is 1. The lowest BCUT2D eigenvalue weighted by atomic mass is 9.98. The molecule has 5 N–H and O–H groups in total. The molecule has 0 saturated carbocycles. The van der Waals surface area contributed by atoms with Crippen LogP contribution in [0.2, 0.25) is 0 Å². The molecule has 2 aromatic carbocycles. The first kappa shape index (κ1) is 25.5. The topological polar surface area (TPSA) is 108 Å². The van der Waals surface area contributed by atoms with Crippen molar-refractivity contribution in [1.82, 2.24) is 0 Å². The number of carboxylic acids is 1. The second-order valence-corrected chi connectivity index (χ2v) is 8.66. The summed E-state index contributed by atoms with van der Waals surface area (Å²) in [5.41, 5.74) is 11.2. The number of ether oxygens (including phenoxy) is 2. The van der Waals surface area contributed by atoms with Gasteiger partial charge in [0.1, 0.15) is 17.0 Å². The minimum absolute atomic E-state index is 0.258. The van der Waals surface area contributed by atoms with E-state index in [1.807, 2.05) is 71.0 Å². The van der Waals surface area contributed by atoms with Crippen molar-refractivity contribution >= 4 is 16.7 Å². The summed E-state index contributed by atoms with van der Waals surface area (Å²) in [7, 11) is 0. The molecule has 0 spiro atoms. The number of hydrogen-bond acceptors (Lipinski definition) is 5. The van der Waals surface area contributed by atoms with Crippen LogP contribution in [0.15, 0.2) is 48.7 Å². The minimum Gasteiger partial charge on any atom is -0.492 e. The molecule has 0 aliphatic heterocycles. The zero-order valence-corrected chi connectivity index (χ0v) is 19.0. The van der Waals surface area contributed by atoms with E-state index in [-0.39, 0.29) is 5.60 Å². The van der Waals surface area contributed by atoms with Crippen molar-refractivity contribution in [3.05, 3.63) is 54.3 Å². The molecular weight excluding hydrogens is 380 g/mol. The van der Waals surface area contributed by atoms with E-state index in [9.17, 15) is 4.79 Å². The highest BCUT2D eigenvalue weighted by molar-refractivity contribution is 5.86. The third kappa shape index (κ3) is 8.05. The van der Waals surface area contributed by atoms with E-state index < -0.39 is 17.5 Å². The molecule has 166 valence electrons. The predicted molar refractivity (Wildman–Crippen MR) is 123 cm³/mol. The molecule has 1 unspecified atom stereocenters. The van der Waals surface area contributed by atoms with Crippen LogP contribution in [-0.2, 0) is 9.53 Å². The van der Waals surface area contributed by atoms with Gasteiger partial charge in [0.2, 0.25) is 0 Å². The summed E-state index contributed by atoms with van der Waals surface area (Å²) in [6.45, 7) is 15.8. The Labute approximate surface area is 179 Å². The first-order chi connectivity index (χ1) is 13.8. The Morgan fingerprint density at radius 3 is 2.03 bits per heavy atom. The molecule has 0 radical (unpaired) electrons. The van der Waals surface area contributed by atoms with E-state index in [2.05, 4.69) is 6.58 Å². The van der Waals surface area contributed by atoms with Gasteiger partial charge in [-0.05, 0) is 70.0 Å². The van der Waals surface area contributed by atoms with Crippen LogP contribution >= 0.6 is 0 Å². The highest BCUT2D eigenvalue weighted by atomic mass is 16.5. The van der Waals surface area contributed by atoms with Gasteiger partial charge in [-0.3, -0.25) is 4.79 Å². The normalized spacial score (nSPS) is 12.5. The largest absolute Gasteiger partial charge is 0.492 e. The molecule has 0 saturated heterocycles. The van der Waals surface area contributed by atoms with Crippen LogP contribution in [-0.4, -0.2) is 35.4 Å². The van der Waals surface area contributed by atoms with E-state index in [1.165, 1.54) is 0 Å². The van der Waals surface area contributed by atoms with E-state index in [0.29, 0.717) is 18.8 Å². The Hall–Kier alpha value is -2.57. The van der Waals surface area contributed by atoms with Crippen molar-refractivity contribution in [2.75, 3.05) is 13.1 Å². The number of carboxylic acid groups (broad SMARTS) is 1. The zero-order chi connectivity index (χ0) is 23.1. The van der Waals surface area contributed by atoms with Gasteiger partial charge in [-0.2, -0.15) is 0 Å². The molecule has 6 nitrogen and oxygen atoms in total. The molecule has 0 fully saturated rings. The van der Waals surface area contributed by atoms with Crippen molar-refractivity contribution in [3.63, 3.8) is 0 Å². The summed E-state index contributed by atoms with van der Waals surface area (Å²) in [5.74, 6) is 0.142. The molecule has 0 aliphatic rings. The number of fused-ring (bicyclic) bond motifs is 1. The lowest BCUT2D eigenvalue weighted by Gasteiger charge is -2.24. The molecule has 6 heteroatoms. The smallest absolute Gasteiger partial charge is 0.310 e. The van der Waals surface area contributed by atoms with Crippen molar-refractivity contribution < 1.29 is 19.4 Å². The van der Waals surface area contributed by atoms with Gasteiger partial charge in [0.25, 0.3) is 0 Å². The van der Waals surface area contributed by atoms with Gasteiger partial charge in [-0.1, -0.05) is 30.8 Å². The lowest BCUT2D eigenvalue weighted by Crippen LogP contribution is -2.37. The van der Waals surface area contributed by atoms with Crippen molar-refractivity contribution in [3.8, 4) is 5.75 Å². The number of nitrogens with two attached hydrogens (primary N) is 2. The standard InChI is InChI=1S/C17H21NO3.C7H15NO/c1-11(16(19)20)12-4-5-14-9-15(7-6-13(14)8-12)21-17(2,3)10-18;1-6(2)9-7(3,4)5-8/h4-9,11H,10,18H2,1-3H3,(H,19,20);1,5,8H2,2-4H3. The first-order valence-corrected chi connectivity index (χ1v) is 10.0. The SMILES string of the molecule is C=C(C)OC(C)(C)CN.CC(C(=O)O)c1ccc2cc(OC(C)(C)CN)ccc2c1. The molecule has 0 heterocycles. The number of rotatable bonds is 8. The molecule has 2 rings (SSSR count). The maximum Gasteiger partial charge on any atom is 0.310 e.